The summed E-state index contributed by atoms with van der Waals surface area (Å²) in [4.78, 5) is 2.24. The predicted octanol–water partition coefficient (Wildman–Crippen LogP) is 1.18. The van der Waals surface area contributed by atoms with Gasteiger partial charge in [-0.25, -0.2) is 0 Å². The Bertz CT molecular complexity index is 491. The fourth-order valence-electron chi connectivity index (χ4n) is 1.93. The fourth-order valence-corrected chi connectivity index (χ4v) is 2.38. The Labute approximate surface area is 109 Å². The highest BCUT2D eigenvalue weighted by Crippen LogP contribution is 2.22. The largest absolute Gasteiger partial charge is 0.360 e. The SMILES string of the molecule is Cc1ccc(N2CC(CNc3nncs3)C2)nn1. The second kappa shape index (κ2) is 4.85. The molecular weight excluding hydrogens is 248 g/mol. The molecule has 0 aromatic carbocycles. The second-order valence-corrected chi connectivity index (χ2v) is 5.26. The molecule has 0 saturated carbocycles. The minimum absolute atomic E-state index is 0.636. The molecule has 3 rings (SSSR count). The second-order valence-electron chi connectivity index (χ2n) is 4.43. The van der Waals surface area contributed by atoms with Crippen LogP contribution >= 0.6 is 11.3 Å². The van der Waals surface area contributed by atoms with Gasteiger partial charge in [0, 0.05) is 25.6 Å². The molecule has 1 aliphatic heterocycles. The summed E-state index contributed by atoms with van der Waals surface area (Å²) in [6.45, 7) is 4.92. The Balaban J connectivity index is 1.47. The van der Waals surface area contributed by atoms with Crippen molar-refractivity contribution in [2.75, 3.05) is 29.9 Å². The molecule has 1 N–H and O–H groups in total. The maximum atomic E-state index is 4.18. The molecule has 94 valence electrons. The summed E-state index contributed by atoms with van der Waals surface area (Å²) in [6, 6.07) is 4.02. The zero-order valence-electron chi connectivity index (χ0n) is 10.1. The minimum Gasteiger partial charge on any atom is -0.360 e. The van der Waals surface area contributed by atoms with Crippen molar-refractivity contribution in [3.63, 3.8) is 0 Å². The predicted molar refractivity (Wildman–Crippen MR) is 70.9 cm³/mol. The Morgan fingerprint density at radius 1 is 1.33 bits per heavy atom. The lowest BCUT2D eigenvalue weighted by Crippen LogP contribution is -2.50. The number of hydrogen-bond acceptors (Lipinski definition) is 7. The van der Waals surface area contributed by atoms with Crippen LogP contribution in [0.25, 0.3) is 0 Å². The van der Waals surface area contributed by atoms with Gasteiger partial charge in [-0.15, -0.1) is 15.3 Å². The van der Waals surface area contributed by atoms with Crippen LogP contribution in [-0.4, -0.2) is 40.0 Å². The zero-order chi connectivity index (χ0) is 12.4. The Morgan fingerprint density at radius 3 is 2.89 bits per heavy atom. The number of hydrogen-bond donors (Lipinski definition) is 1. The van der Waals surface area contributed by atoms with Gasteiger partial charge in [-0.2, -0.15) is 5.10 Å². The van der Waals surface area contributed by atoms with Crippen molar-refractivity contribution in [2.24, 2.45) is 5.92 Å². The van der Waals surface area contributed by atoms with E-state index in [1.165, 1.54) is 11.3 Å². The first-order valence-corrected chi connectivity index (χ1v) is 6.74. The van der Waals surface area contributed by atoms with E-state index in [-0.39, 0.29) is 0 Å². The molecule has 0 unspecified atom stereocenters. The molecule has 0 amide bonds. The van der Waals surface area contributed by atoms with Crippen LogP contribution < -0.4 is 10.2 Å². The Morgan fingerprint density at radius 2 is 2.22 bits per heavy atom. The molecule has 6 nitrogen and oxygen atoms in total. The first-order valence-electron chi connectivity index (χ1n) is 5.86. The first-order chi connectivity index (χ1) is 8.81. The maximum Gasteiger partial charge on any atom is 0.205 e. The van der Waals surface area contributed by atoms with Gasteiger partial charge in [-0.3, -0.25) is 0 Å². The van der Waals surface area contributed by atoms with Crippen molar-refractivity contribution in [3.05, 3.63) is 23.3 Å². The third-order valence-electron chi connectivity index (χ3n) is 2.97. The van der Waals surface area contributed by atoms with Crippen molar-refractivity contribution in [2.45, 2.75) is 6.92 Å². The standard InChI is InChI=1S/C11H14N6S/c1-8-2-3-10(15-14-8)17-5-9(6-17)4-12-11-16-13-7-18-11/h2-3,7,9H,4-6H2,1H3,(H,12,16). The molecule has 7 heteroatoms. The van der Waals surface area contributed by atoms with E-state index in [9.17, 15) is 0 Å². The van der Waals surface area contributed by atoms with Gasteiger partial charge in [0.25, 0.3) is 0 Å². The summed E-state index contributed by atoms with van der Waals surface area (Å²) in [6.07, 6.45) is 0. The van der Waals surface area contributed by atoms with Crippen LogP contribution in [0.3, 0.4) is 0 Å². The average molecular weight is 262 g/mol. The highest BCUT2D eigenvalue weighted by molar-refractivity contribution is 7.13. The summed E-state index contributed by atoms with van der Waals surface area (Å²) >= 11 is 1.53. The molecule has 1 aliphatic rings. The molecule has 1 saturated heterocycles. The van der Waals surface area contributed by atoms with E-state index in [1.807, 2.05) is 19.1 Å². The van der Waals surface area contributed by atoms with Gasteiger partial charge < -0.3 is 10.2 Å². The van der Waals surface area contributed by atoms with E-state index in [1.54, 1.807) is 5.51 Å². The molecule has 0 aliphatic carbocycles. The zero-order valence-corrected chi connectivity index (χ0v) is 10.9. The van der Waals surface area contributed by atoms with Crippen LogP contribution in [0, 0.1) is 12.8 Å². The van der Waals surface area contributed by atoms with Gasteiger partial charge in [0.1, 0.15) is 5.51 Å². The Hall–Kier alpha value is -1.76. The number of anilines is 2. The molecule has 3 heterocycles. The van der Waals surface area contributed by atoms with E-state index in [0.717, 1.165) is 36.3 Å². The van der Waals surface area contributed by atoms with E-state index >= 15 is 0 Å². The summed E-state index contributed by atoms with van der Waals surface area (Å²) in [5, 5.41) is 20.2. The topological polar surface area (TPSA) is 66.8 Å². The lowest BCUT2D eigenvalue weighted by Gasteiger charge is -2.39. The number of nitrogens with zero attached hydrogens (tertiary/aromatic N) is 5. The molecule has 2 aromatic heterocycles. The van der Waals surface area contributed by atoms with Crippen molar-refractivity contribution >= 4 is 22.3 Å². The summed E-state index contributed by atoms with van der Waals surface area (Å²) < 4.78 is 0. The lowest BCUT2D eigenvalue weighted by atomic mass is 10.0. The van der Waals surface area contributed by atoms with Crippen LogP contribution in [0.15, 0.2) is 17.6 Å². The van der Waals surface area contributed by atoms with E-state index in [0.29, 0.717) is 5.92 Å². The molecular formula is C11H14N6S. The molecule has 0 atom stereocenters. The molecule has 0 spiro atoms. The van der Waals surface area contributed by atoms with Crippen LogP contribution in [-0.2, 0) is 0 Å². The molecule has 18 heavy (non-hydrogen) atoms. The van der Waals surface area contributed by atoms with Gasteiger partial charge in [-0.1, -0.05) is 11.3 Å². The van der Waals surface area contributed by atoms with E-state index in [2.05, 4.69) is 30.6 Å². The van der Waals surface area contributed by atoms with Crippen molar-refractivity contribution in [1.82, 2.24) is 20.4 Å². The summed E-state index contributed by atoms with van der Waals surface area (Å²) in [7, 11) is 0. The van der Waals surface area contributed by atoms with Crippen LogP contribution in [0.5, 0.6) is 0 Å². The number of rotatable bonds is 4. The monoisotopic (exact) mass is 262 g/mol. The highest BCUT2D eigenvalue weighted by Gasteiger charge is 2.27. The smallest absolute Gasteiger partial charge is 0.205 e. The average Bonchev–Trinajstić information content (AvgIpc) is 2.82. The summed E-state index contributed by atoms with van der Waals surface area (Å²) in [5.41, 5.74) is 2.69. The fraction of sp³-hybridized carbons (Fsp3) is 0.455. The highest BCUT2D eigenvalue weighted by atomic mass is 32.1. The van der Waals surface area contributed by atoms with Crippen molar-refractivity contribution in [1.29, 1.82) is 0 Å². The summed E-state index contributed by atoms with van der Waals surface area (Å²) in [5.74, 6) is 1.60. The van der Waals surface area contributed by atoms with Gasteiger partial charge >= 0.3 is 0 Å². The van der Waals surface area contributed by atoms with Crippen molar-refractivity contribution < 1.29 is 0 Å². The number of nitrogens with one attached hydrogen (secondary N) is 1. The van der Waals surface area contributed by atoms with Crippen LogP contribution in [0.1, 0.15) is 5.69 Å². The molecule has 1 fully saturated rings. The molecule has 2 aromatic rings. The number of aromatic nitrogens is 4. The third-order valence-corrected chi connectivity index (χ3v) is 3.62. The van der Waals surface area contributed by atoms with E-state index < -0.39 is 0 Å². The third kappa shape index (κ3) is 2.40. The van der Waals surface area contributed by atoms with Gasteiger partial charge in [0.15, 0.2) is 5.82 Å². The molecule has 0 radical (unpaired) electrons. The Kier molecular flexibility index (Phi) is 3.06. The van der Waals surface area contributed by atoms with Crippen LogP contribution in [0.4, 0.5) is 10.9 Å². The maximum absolute atomic E-state index is 4.18. The van der Waals surface area contributed by atoms with Gasteiger partial charge in [0.05, 0.1) is 5.69 Å². The molecule has 0 bridgehead atoms. The minimum atomic E-state index is 0.636. The van der Waals surface area contributed by atoms with Crippen LogP contribution in [0.2, 0.25) is 0 Å². The van der Waals surface area contributed by atoms with Gasteiger partial charge in [0.2, 0.25) is 5.13 Å². The lowest BCUT2D eigenvalue weighted by molar-refractivity contribution is 0.425. The van der Waals surface area contributed by atoms with Crippen molar-refractivity contribution in [3.8, 4) is 0 Å². The number of aryl methyl sites for hydroxylation is 1. The van der Waals surface area contributed by atoms with Gasteiger partial charge in [-0.05, 0) is 19.1 Å². The first kappa shape index (κ1) is 11.3. The van der Waals surface area contributed by atoms with E-state index in [4.69, 9.17) is 0 Å². The normalized spacial score (nSPS) is 15.5. The quantitative estimate of drug-likeness (QED) is 0.892.